The molecule has 0 unspecified atom stereocenters. The largest absolute Gasteiger partial charge is 0.343 e. The molecule has 0 aliphatic carbocycles. The van der Waals surface area contributed by atoms with Gasteiger partial charge in [0.1, 0.15) is 0 Å². The monoisotopic (exact) mass is 314 g/mol. The Morgan fingerprint density at radius 2 is 1.86 bits per heavy atom. The Labute approximate surface area is 135 Å². The van der Waals surface area contributed by atoms with Gasteiger partial charge in [-0.3, -0.25) is 4.79 Å². The summed E-state index contributed by atoms with van der Waals surface area (Å²) in [7, 11) is 0. The van der Waals surface area contributed by atoms with Crippen LogP contribution in [0.25, 0.3) is 10.8 Å². The van der Waals surface area contributed by atoms with Gasteiger partial charge in [-0.15, -0.1) is 11.8 Å². The van der Waals surface area contributed by atoms with Crippen molar-refractivity contribution in [1.29, 1.82) is 0 Å². The van der Waals surface area contributed by atoms with Gasteiger partial charge in [0.15, 0.2) is 0 Å². The number of carbonyl (C=O) groups is 1. The van der Waals surface area contributed by atoms with Gasteiger partial charge in [-0.1, -0.05) is 30.3 Å². The Morgan fingerprint density at radius 3 is 2.64 bits per heavy atom. The Bertz CT molecular complexity index is 650. The van der Waals surface area contributed by atoms with Crippen LogP contribution in [-0.4, -0.2) is 35.7 Å². The van der Waals surface area contributed by atoms with Crippen LogP contribution >= 0.6 is 11.8 Å². The standard InChI is InChI=1S/C18H22N2OS/c19-16-7-10-20(11-8-16)18(21)9-12-22-17-6-5-14-3-1-2-4-15(14)13-17/h1-6,13,16H,7-12,19H2. The fraction of sp³-hybridized carbons (Fsp3) is 0.389. The lowest BCUT2D eigenvalue weighted by Gasteiger charge is -2.30. The molecule has 1 amide bonds. The fourth-order valence-corrected chi connectivity index (χ4v) is 3.71. The van der Waals surface area contributed by atoms with E-state index in [0.717, 1.165) is 31.7 Å². The van der Waals surface area contributed by atoms with Crippen molar-refractivity contribution in [1.82, 2.24) is 4.90 Å². The van der Waals surface area contributed by atoms with Crippen molar-refractivity contribution in [3.63, 3.8) is 0 Å². The second kappa shape index (κ2) is 7.16. The molecule has 116 valence electrons. The molecule has 0 saturated carbocycles. The summed E-state index contributed by atoms with van der Waals surface area (Å²) in [5.74, 6) is 1.10. The van der Waals surface area contributed by atoms with Crippen LogP contribution in [0.1, 0.15) is 19.3 Å². The topological polar surface area (TPSA) is 46.3 Å². The average molecular weight is 314 g/mol. The van der Waals surface area contributed by atoms with Gasteiger partial charge in [0.25, 0.3) is 0 Å². The molecule has 3 rings (SSSR count). The molecule has 0 spiro atoms. The number of thioether (sulfide) groups is 1. The van der Waals surface area contributed by atoms with E-state index in [2.05, 4.69) is 42.5 Å². The van der Waals surface area contributed by atoms with Crippen molar-refractivity contribution in [3.05, 3.63) is 42.5 Å². The molecule has 0 bridgehead atoms. The number of piperidine rings is 1. The van der Waals surface area contributed by atoms with Crippen molar-refractivity contribution in [3.8, 4) is 0 Å². The lowest BCUT2D eigenvalue weighted by atomic mass is 10.1. The molecule has 0 radical (unpaired) electrons. The fourth-order valence-electron chi connectivity index (χ4n) is 2.82. The number of hydrogen-bond acceptors (Lipinski definition) is 3. The first-order valence-corrected chi connectivity index (χ1v) is 8.86. The minimum Gasteiger partial charge on any atom is -0.343 e. The van der Waals surface area contributed by atoms with Crippen LogP contribution in [0, 0.1) is 0 Å². The molecule has 2 aromatic rings. The Balaban J connectivity index is 1.50. The van der Waals surface area contributed by atoms with Crippen molar-refractivity contribution >= 4 is 28.4 Å². The van der Waals surface area contributed by atoms with Crippen LogP contribution in [0.3, 0.4) is 0 Å². The van der Waals surface area contributed by atoms with E-state index in [4.69, 9.17) is 5.73 Å². The van der Waals surface area contributed by atoms with Crippen LogP contribution in [0.15, 0.2) is 47.4 Å². The first kappa shape index (κ1) is 15.4. The molecule has 3 nitrogen and oxygen atoms in total. The van der Waals surface area contributed by atoms with Crippen LogP contribution in [0.4, 0.5) is 0 Å². The Hall–Kier alpha value is -1.52. The summed E-state index contributed by atoms with van der Waals surface area (Å²) in [5, 5.41) is 2.51. The van der Waals surface area contributed by atoms with Crippen LogP contribution in [-0.2, 0) is 4.79 Å². The van der Waals surface area contributed by atoms with E-state index < -0.39 is 0 Å². The van der Waals surface area contributed by atoms with E-state index in [9.17, 15) is 4.79 Å². The number of rotatable bonds is 4. The van der Waals surface area contributed by atoms with E-state index >= 15 is 0 Å². The molecular formula is C18H22N2OS. The second-order valence-corrected chi connectivity index (χ2v) is 6.99. The number of carbonyl (C=O) groups excluding carboxylic acids is 1. The van der Waals surface area contributed by atoms with Gasteiger partial charge in [0.05, 0.1) is 0 Å². The van der Waals surface area contributed by atoms with Crippen LogP contribution < -0.4 is 5.73 Å². The minimum absolute atomic E-state index is 0.264. The Morgan fingerprint density at radius 1 is 1.14 bits per heavy atom. The van der Waals surface area contributed by atoms with Gasteiger partial charge in [-0.2, -0.15) is 0 Å². The maximum atomic E-state index is 12.2. The molecule has 4 heteroatoms. The number of fused-ring (bicyclic) bond motifs is 1. The molecule has 1 heterocycles. The van der Waals surface area contributed by atoms with Gasteiger partial charge in [-0.25, -0.2) is 0 Å². The summed E-state index contributed by atoms with van der Waals surface area (Å²) in [4.78, 5) is 15.4. The highest BCUT2D eigenvalue weighted by atomic mass is 32.2. The quantitative estimate of drug-likeness (QED) is 0.881. The van der Waals surface area contributed by atoms with Crippen molar-refractivity contribution < 1.29 is 4.79 Å². The predicted molar refractivity (Wildman–Crippen MR) is 93.1 cm³/mol. The molecule has 1 aliphatic rings. The maximum Gasteiger partial charge on any atom is 0.223 e. The summed E-state index contributed by atoms with van der Waals surface area (Å²) in [5.41, 5.74) is 5.88. The van der Waals surface area contributed by atoms with Gasteiger partial charge >= 0.3 is 0 Å². The minimum atomic E-state index is 0.264. The first-order chi connectivity index (χ1) is 10.7. The molecule has 2 N–H and O–H groups in total. The third kappa shape index (κ3) is 3.81. The van der Waals surface area contributed by atoms with E-state index in [1.807, 2.05) is 4.90 Å². The summed E-state index contributed by atoms with van der Waals surface area (Å²) in [6, 6.07) is 15.1. The maximum absolute atomic E-state index is 12.2. The van der Waals surface area contributed by atoms with Crippen molar-refractivity contribution in [2.24, 2.45) is 5.73 Å². The highest BCUT2D eigenvalue weighted by Gasteiger charge is 2.19. The molecule has 0 aromatic heterocycles. The van der Waals surface area contributed by atoms with E-state index in [1.165, 1.54) is 15.7 Å². The summed E-state index contributed by atoms with van der Waals surface area (Å²) in [6.45, 7) is 1.64. The number of amides is 1. The molecule has 2 aromatic carbocycles. The average Bonchev–Trinajstić information content (AvgIpc) is 2.55. The number of nitrogens with zero attached hydrogens (tertiary/aromatic N) is 1. The zero-order valence-corrected chi connectivity index (χ0v) is 13.5. The van der Waals surface area contributed by atoms with Gasteiger partial charge in [0, 0.05) is 36.2 Å². The lowest BCUT2D eigenvalue weighted by molar-refractivity contribution is -0.131. The lowest BCUT2D eigenvalue weighted by Crippen LogP contribution is -2.42. The van der Waals surface area contributed by atoms with E-state index in [0.29, 0.717) is 6.42 Å². The SMILES string of the molecule is NC1CCN(C(=O)CCSc2ccc3ccccc3c2)CC1. The second-order valence-electron chi connectivity index (χ2n) is 5.83. The smallest absolute Gasteiger partial charge is 0.223 e. The van der Waals surface area contributed by atoms with Crippen molar-refractivity contribution in [2.75, 3.05) is 18.8 Å². The number of likely N-dealkylation sites (tertiary alicyclic amines) is 1. The highest BCUT2D eigenvalue weighted by molar-refractivity contribution is 7.99. The molecule has 1 aliphatic heterocycles. The van der Waals surface area contributed by atoms with Crippen LogP contribution in [0.2, 0.25) is 0 Å². The number of hydrogen-bond donors (Lipinski definition) is 1. The highest BCUT2D eigenvalue weighted by Crippen LogP contribution is 2.24. The van der Waals surface area contributed by atoms with Gasteiger partial charge < -0.3 is 10.6 Å². The molecule has 1 saturated heterocycles. The van der Waals surface area contributed by atoms with Gasteiger partial charge in [-0.05, 0) is 35.7 Å². The third-order valence-corrected chi connectivity index (χ3v) is 5.19. The number of benzene rings is 2. The predicted octanol–water partition coefficient (Wildman–Crippen LogP) is 3.27. The van der Waals surface area contributed by atoms with E-state index in [-0.39, 0.29) is 11.9 Å². The van der Waals surface area contributed by atoms with Crippen molar-refractivity contribution in [2.45, 2.75) is 30.2 Å². The summed E-state index contributed by atoms with van der Waals surface area (Å²) < 4.78 is 0. The summed E-state index contributed by atoms with van der Waals surface area (Å²) in [6.07, 6.45) is 2.47. The van der Waals surface area contributed by atoms with Crippen LogP contribution in [0.5, 0.6) is 0 Å². The molecule has 1 fully saturated rings. The molecular weight excluding hydrogens is 292 g/mol. The molecule has 0 atom stereocenters. The zero-order chi connectivity index (χ0) is 15.4. The normalized spacial score (nSPS) is 16.1. The van der Waals surface area contributed by atoms with Gasteiger partial charge in [0.2, 0.25) is 5.91 Å². The third-order valence-electron chi connectivity index (χ3n) is 4.20. The van der Waals surface area contributed by atoms with E-state index in [1.54, 1.807) is 11.8 Å². The zero-order valence-electron chi connectivity index (χ0n) is 12.7. The summed E-state index contributed by atoms with van der Waals surface area (Å²) >= 11 is 1.76. The number of nitrogens with two attached hydrogens (primary N) is 1. The Kier molecular flexibility index (Phi) is 5.01. The first-order valence-electron chi connectivity index (χ1n) is 7.87. The molecule has 22 heavy (non-hydrogen) atoms.